The van der Waals surface area contributed by atoms with Gasteiger partial charge in [-0.1, -0.05) is 12.1 Å². The maximum absolute atomic E-state index is 12.5. The lowest BCUT2D eigenvalue weighted by Gasteiger charge is -2.25. The number of rotatable bonds is 10. The molecule has 0 aliphatic rings. The van der Waals surface area contributed by atoms with Crippen LogP contribution in [0.3, 0.4) is 0 Å². The van der Waals surface area contributed by atoms with Crippen molar-refractivity contribution in [3.63, 3.8) is 0 Å². The minimum atomic E-state index is -0.250. The number of nitrogens with one attached hydrogen (secondary N) is 2. The molecule has 0 saturated carbocycles. The molecule has 0 unspecified atom stereocenters. The van der Waals surface area contributed by atoms with Crippen molar-refractivity contribution in [3.05, 3.63) is 72.1 Å². The molecule has 2 N–H and O–H groups in total. The molecule has 8 heteroatoms. The van der Waals surface area contributed by atoms with Gasteiger partial charge >= 0.3 is 0 Å². The van der Waals surface area contributed by atoms with E-state index in [1.54, 1.807) is 48.2 Å². The Kier molecular flexibility index (Phi) is 8.21. The average Bonchev–Trinajstić information content (AvgIpc) is 3.21. The van der Waals surface area contributed by atoms with Crippen molar-refractivity contribution in [3.8, 4) is 5.75 Å². The zero-order valence-electron chi connectivity index (χ0n) is 19.5. The first kappa shape index (κ1) is 24.0. The Hall–Kier alpha value is -3.65. The second kappa shape index (κ2) is 11.3. The van der Waals surface area contributed by atoms with Crippen molar-refractivity contribution in [1.82, 2.24) is 14.7 Å². The summed E-state index contributed by atoms with van der Waals surface area (Å²) in [6, 6.07) is 14.4. The third-order valence-corrected chi connectivity index (χ3v) is 5.29. The predicted molar refractivity (Wildman–Crippen MR) is 129 cm³/mol. The van der Waals surface area contributed by atoms with Gasteiger partial charge in [0.2, 0.25) is 5.91 Å². The van der Waals surface area contributed by atoms with E-state index in [0.29, 0.717) is 41.7 Å². The molecule has 0 atom stereocenters. The van der Waals surface area contributed by atoms with Gasteiger partial charge < -0.3 is 15.4 Å². The molecule has 8 nitrogen and oxygen atoms in total. The van der Waals surface area contributed by atoms with Crippen molar-refractivity contribution < 1.29 is 14.3 Å². The Labute approximate surface area is 194 Å². The second-order valence-electron chi connectivity index (χ2n) is 8.12. The second-order valence-corrected chi connectivity index (χ2v) is 8.12. The van der Waals surface area contributed by atoms with Gasteiger partial charge in [0.1, 0.15) is 5.75 Å². The fraction of sp³-hybridized carbons (Fsp3) is 0.320. The van der Waals surface area contributed by atoms with E-state index in [-0.39, 0.29) is 11.8 Å². The third-order valence-electron chi connectivity index (χ3n) is 5.29. The largest absolute Gasteiger partial charge is 0.495 e. The van der Waals surface area contributed by atoms with Crippen molar-refractivity contribution in [2.75, 3.05) is 24.3 Å². The molecule has 0 saturated heterocycles. The Morgan fingerprint density at radius 1 is 1.09 bits per heavy atom. The molecular formula is C25H31N5O3. The number of benzene rings is 2. The fourth-order valence-corrected chi connectivity index (χ4v) is 3.42. The van der Waals surface area contributed by atoms with Crippen LogP contribution in [0.25, 0.3) is 0 Å². The number of nitrogens with zero attached hydrogens (tertiary/aromatic N) is 3. The van der Waals surface area contributed by atoms with E-state index in [9.17, 15) is 9.59 Å². The van der Waals surface area contributed by atoms with Gasteiger partial charge in [0.15, 0.2) is 0 Å². The zero-order chi connectivity index (χ0) is 23.8. The van der Waals surface area contributed by atoms with E-state index in [4.69, 9.17) is 4.74 Å². The molecule has 0 fully saturated rings. The van der Waals surface area contributed by atoms with Gasteiger partial charge in [0.25, 0.3) is 5.91 Å². The molecule has 0 aliphatic heterocycles. The van der Waals surface area contributed by atoms with E-state index in [1.807, 2.05) is 31.6 Å². The number of aryl methyl sites for hydroxylation is 1. The summed E-state index contributed by atoms with van der Waals surface area (Å²) in [4.78, 5) is 27.3. The van der Waals surface area contributed by atoms with Crippen molar-refractivity contribution in [2.45, 2.75) is 32.9 Å². The van der Waals surface area contributed by atoms with Crippen molar-refractivity contribution in [2.24, 2.45) is 7.05 Å². The highest BCUT2D eigenvalue weighted by atomic mass is 16.5. The Morgan fingerprint density at radius 3 is 2.45 bits per heavy atom. The maximum atomic E-state index is 12.5. The first-order chi connectivity index (χ1) is 15.9. The molecule has 2 aromatic carbocycles. The average molecular weight is 450 g/mol. The minimum Gasteiger partial charge on any atom is -0.495 e. The van der Waals surface area contributed by atoms with E-state index < -0.39 is 0 Å². The van der Waals surface area contributed by atoms with Crippen LogP contribution >= 0.6 is 0 Å². The van der Waals surface area contributed by atoms with Crippen LogP contribution in [0, 0.1) is 0 Å². The first-order valence-electron chi connectivity index (χ1n) is 10.9. The lowest BCUT2D eigenvalue weighted by atomic mass is 10.1. The zero-order valence-corrected chi connectivity index (χ0v) is 19.5. The summed E-state index contributed by atoms with van der Waals surface area (Å²) in [6.07, 6.45) is 4.20. The van der Waals surface area contributed by atoms with Gasteiger partial charge in [0, 0.05) is 55.6 Å². The number of amides is 2. The number of ether oxygens (including phenoxy) is 1. The summed E-state index contributed by atoms with van der Waals surface area (Å²) in [7, 11) is 3.45. The molecule has 2 amide bonds. The van der Waals surface area contributed by atoms with Gasteiger partial charge in [-0.15, -0.1) is 0 Å². The van der Waals surface area contributed by atoms with Crippen LogP contribution in [0.5, 0.6) is 5.75 Å². The molecule has 0 radical (unpaired) electrons. The van der Waals surface area contributed by atoms with Crippen molar-refractivity contribution in [1.29, 1.82) is 0 Å². The molecule has 1 heterocycles. The molecule has 33 heavy (non-hydrogen) atoms. The fourth-order valence-electron chi connectivity index (χ4n) is 3.42. The minimum absolute atomic E-state index is 0.0712. The lowest BCUT2D eigenvalue weighted by molar-refractivity contribution is -0.116. The Balaban J connectivity index is 1.52. The molecule has 1 aromatic heterocycles. The van der Waals surface area contributed by atoms with Crippen LogP contribution < -0.4 is 15.4 Å². The quantitative estimate of drug-likeness (QED) is 0.490. The number of carbonyl (C=O) groups is 2. The monoisotopic (exact) mass is 449 g/mol. The molecule has 0 aliphatic carbocycles. The lowest BCUT2D eigenvalue weighted by Crippen LogP contribution is -2.33. The SMILES string of the molecule is COc1ccccc1NC(=O)c1ccc(NC(=O)CCN(Cc2cnn(C)c2)C(C)C)cc1. The van der Waals surface area contributed by atoms with Crippen LogP contribution in [-0.4, -0.2) is 46.2 Å². The topological polar surface area (TPSA) is 88.5 Å². The Bertz CT molecular complexity index is 1080. The number of hydrogen-bond donors (Lipinski definition) is 2. The summed E-state index contributed by atoms with van der Waals surface area (Å²) in [5.74, 6) is 0.270. The number of aromatic nitrogens is 2. The predicted octanol–water partition coefficient (Wildman–Crippen LogP) is 3.92. The van der Waals surface area contributed by atoms with Crippen LogP contribution in [0.15, 0.2) is 60.9 Å². The summed E-state index contributed by atoms with van der Waals surface area (Å²) in [5, 5.41) is 9.95. The molecule has 0 bridgehead atoms. The number of hydrogen-bond acceptors (Lipinski definition) is 5. The summed E-state index contributed by atoms with van der Waals surface area (Å²) in [6.45, 7) is 5.61. The highest BCUT2D eigenvalue weighted by molar-refractivity contribution is 6.05. The first-order valence-corrected chi connectivity index (χ1v) is 10.9. The number of anilines is 2. The van der Waals surface area contributed by atoms with E-state index in [0.717, 1.165) is 12.1 Å². The van der Waals surface area contributed by atoms with E-state index >= 15 is 0 Å². The normalized spacial score (nSPS) is 11.0. The van der Waals surface area contributed by atoms with Gasteiger partial charge in [-0.25, -0.2) is 0 Å². The highest BCUT2D eigenvalue weighted by Gasteiger charge is 2.14. The smallest absolute Gasteiger partial charge is 0.255 e. The van der Waals surface area contributed by atoms with Crippen LogP contribution in [0.1, 0.15) is 36.2 Å². The van der Waals surface area contributed by atoms with Crippen molar-refractivity contribution >= 4 is 23.2 Å². The number of methoxy groups -OCH3 is 1. The molecule has 3 rings (SSSR count). The maximum Gasteiger partial charge on any atom is 0.255 e. The van der Waals surface area contributed by atoms with Crippen LogP contribution in [0.4, 0.5) is 11.4 Å². The van der Waals surface area contributed by atoms with Crippen LogP contribution in [-0.2, 0) is 18.4 Å². The molecular weight excluding hydrogens is 418 g/mol. The van der Waals surface area contributed by atoms with Gasteiger partial charge in [-0.3, -0.25) is 19.2 Å². The van der Waals surface area contributed by atoms with Crippen LogP contribution in [0.2, 0.25) is 0 Å². The van der Waals surface area contributed by atoms with E-state index in [2.05, 4.69) is 34.5 Å². The van der Waals surface area contributed by atoms with E-state index in [1.165, 1.54) is 0 Å². The highest BCUT2D eigenvalue weighted by Crippen LogP contribution is 2.24. The third kappa shape index (κ3) is 6.92. The standard InChI is InChI=1S/C25H31N5O3/c1-18(2)30(17-19-15-26-29(3)16-19)14-13-24(31)27-21-11-9-20(10-12-21)25(32)28-22-7-5-6-8-23(22)33-4/h5-12,15-16,18H,13-14,17H2,1-4H3,(H,27,31)(H,28,32). The van der Waals surface area contributed by atoms with Gasteiger partial charge in [-0.2, -0.15) is 5.10 Å². The summed E-state index contributed by atoms with van der Waals surface area (Å²) < 4.78 is 7.04. The van der Waals surface area contributed by atoms with Gasteiger partial charge in [-0.05, 0) is 50.2 Å². The number of para-hydroxylation sites is 2. The number of carbonyl (C=O) groups excluding carboxylic acids is 2. The Morgan fingerprint density at radius 2 is 1.82 bits per heavy atom. The summed E-state index contributed by atoms with van der Waals surface area (Å²) >= 11 is 0. The molecule has 174 valence electrons. The summed E-state index contributed by atoms with van der Waals surface area (Å²) in [5.41, 5.74) is 2.86. The molecule has 0 spiro atoms. The molecule has 3 aromatic rings. The van der Waals surface area contributed by atoms with Gasteiger partial charge in [0.05, 0.1) is 19.0 Å².